The van der Waals surface area contributed by atoms with Crippen molar-refractivity contribution in [1.82, 2.24) is 0 Å². The van der Waals surface area contributed by atoms with Crippen LogP contribution in [0.15, 0.2) is 85.5 Å². The highest BCUT2D eigenvalue weighted by atomic mass is 16.6. The van der Waals surface area contributed by atoms with Gasteiger partial charge in [0.15, 0.2) is 0 Å². The third-order valence-electron chi connectivity index (χ3n) is 8.50. The Labute approximate surface area is 280 Å². The van der Waals surface area contributed by atoms with Gasteiger partial charge in [0.05, 0.1) is 25.2 Å². The summed E-state index contributed by atoms with van der Waals surface area (Å²) >= 11 is 0. The van der Waals surface area contributed by atoms with Crippen molar-refractivity contribution in [2.75, 3.05) is 13.2 Å². The molecule has 0 bridgehead atoms. The van der Waals surface area contributed by atoms with Gasteiger partial charge in [-0.25, -0.2) is 14.4 Å². The van der Waals surface area contributed by atoms with Crippen LogP contribution < -0.4 is 14.2 Å². The fraction of sp³-hybridized carbons (Fsp3) is 0.333. The lowest BCUT2D eigenvalue weighted by molar-refractivity contribution is -0.150. The Balaban J connectivity index is 1.11. The zero-order valence-corrected chi connectivity index (χ0v) is 27.2. The van der Waals surface area contributed by atoms with E-state index in [9.17, 15) is 19.2 Å². The molecule has 0 N–H and O–H groups in total. The number of ether oxygens (including phenoxy) is 5. The lowest BCUT2D eigenvalue weighted by Gasteiger charge is -2.21. The van der Waals surface area contributed by atoms with Gasteiger partial charge in [0.2, 0.25) is 0 Å². The van der Waals surface area contributed by atoms with Crippen LogP contribution in [-0.4, -0.2) is 43.2 Å². The number of hydrogen-bond acceptors (Lipinski definition) is 9. The highest BCUT2D eigenvalue weighted by molar-refractivity contribution is 5.95. The molecule has 3 aromatic carbocycles. The topological polar surface area (TPSA) is 114 Å². The van der Waals surface area contributed by atoms with E-state index in [-0.39, 0.29) is 35.3 Å². The maximum atomic E-state index is 13.0. The van der Waals surface area contributed by atoms with Crippen molar-refractivity contribution in [2.45, 2.75) is 70.3 Å². The summed E-state index contributed by atoms with van der Waals surface area (Å²) in [6.07, 6.45) is 7.15. The first-order valence-electron chi connectivity index (χ1n) is 16.3. The van der Waals surface area contributed by atoms with Gasteiger partial charge in [-0.1, -0.05) is 38.6 Å². The van der Waals surface area contributed by atoms with Crippen LogP contribution in [0.3, 0.4) is 0 Å². The maximum absolute atomic E-state index is 13.0. The van der Waals surface area contributed by atoms with E-state index in [1.807, 2.05) is 30.3 Å². The zero-order chi connectivity index (χ0) is 34.0. The van der Waals surface area contributed by atoms with E-state index < -0.39 is 23.9 Å². The van der Waals surface area contributed by atoms with E-state index in [0.29, 0.717) is 25.4 Å². The number of rotatable bonds is 14. The van der Waals surface area contributed by atoms with Gasteiger partial charge >= 0.3 is 23.9 Å². The standard InChI is InChI=1S/C39H40O9/c1-4-36(40)45-21-9-8-20-44-30-16-18-32-33-19-17-31(24-35(33)26(3)34(32)23-30)48-39(43)27-12-14-29(15-13-27)47-38(42)25(2)22-37(41)46-28-10-6-5-7-11-28/h4,12-19,23-24,26,28H,1-2,5-11,20-22H2,3H3. The van der Waals surface area contributed by atoms with Crippen LogP contribution in [0, 0.1) is 0 Å². The van der Waals surface area contributed by atoms with Crippen LogP contribution in [0.5, 0.6) is 17.2 Å². The molecule has 9 nitrogen and oxygen atoms in total. The Morgan fingerprint density at radius 3 is 2.10 bits per heavy atom. The molecule has 0 aromatic heterocycles. The van der Waals surface area contributed by atoms with E-state index in [2.05, 4.69) is 20.1 Å². The number of unbranched alkanes of at least 4 members (excludes halogenated alkanes) is 1. The van der Waals surface area contributed by atoms with Crippen molar-refractivity contribution in [1.29, 1.82) is 0 Å². The molecule has 1 saturated carbocycles. The first-order chi connectivity index (χ1) is 23.2. The Morgan fingerprint density at radius 2 is 1.42 bits per heavy atom. The number of esters is 4. The Bertz CT molecular complexity index is 1680. The average Bonchev–Trinajstić information content (AvgIpc) is 3.36. The van der Waals surface area contributed by atoms with Crippen LogP contribution in [0.2, 0.25) is 0 Å². The monoisotopic (exact) mass is 652 g/mol. The van der Waals surface area contributed by atoms with Crippen LogP contribution in [0.4, 0.5) is 0 Å². The average molecular weight is 653 g/mol. The van der Waals surface area contributed by atoms with Gasteiger partial charge in [-0.05, 0) is 109 Å². The lowest BCUT2D eigenvalue weighted by Crippen LogP contribution is -2.22. The highest BCUT2D eigenvalue weighted by Gasteiger charge is 2.27. The predicted octanol–water partition coefficient (Wildman–Crippen LogP) is 7.65. The van der Waals surface area contributed by atoms with Gasteiger partial charge in [0.25, 0.3) is 0 Å². The molecule has 1 atom stereocenters. The first-order valence-corrected chi connectivity index (χ1v) is 16.3. The number of carbonyl (C=O) groups is 4. The van der Waals surface area contributed by atoms with Gasteiger partial charge in [0, 0.05) is 17.6 Å². The van der Waals surface area contributed by atoms with Crippen molar-refractivity contribution in [3.8, 4) is 28.4 Å². The molecule has 1 fully saturated rings. The molecule has 2 aliphatic carbocycles. The third-order valence-corrected chi connectivity index (χ3v) is 8.50. The molecule has 250 valence electrons. The molecular weight excluding hydrogens is 612 g/mol. The van der Waals surface area contributed by atoms with Gasteiger partial charge in [-0.3, -0.25) is 4.79 Å². The summed E-state index contributed by atoms with van der Waals surface area (Å²) in [4.78, 5) is 48.8. The van der Waals surface area contributed by atoms with E-state index in [4.69, 9.17) is 23.7 Å². The second kappa shape index (κ2) is 16.1. The summed E-state index contributed by atoms with van der Waals surface area (Å²) in [7, 11) is 0. The number of hydrogen-bond donors (Lipinski definition) is 0. The number of carbonyl (C=O) groups excluding carboxylic acids is 4. The molecule has 1 unspecified atom stereocenters. The summed E-state index contributed by atoms with van der Waals surface area (Å²) in [5.41, 5.74) is 4.62. The van der Waals surface area contributed by atoms with Crippen molar-refractivity contribution in [3.63, 3.8) is 0 Å². The zero-order valence-electron chi connectivity index (χ0n) is 27.2. The quantitative estimate of drug-likeness (QED) is 0.0749. The van der Waals surface area contributed by atoms with E-state index in [1.165, 1.54) is 24.3 Å². The lowest BCUT2D eigenvalue weighted by atomic mass is 9.98. The largest absolute Gasteiger partial charge is 0.494 e. The molecule has 0 aliphatic heterocycles. The Kier molecular flexibility index (Phi) is 11.4. The van der Waals surface area contributed by atoms with Crippen LogP contribution in [0.25, 0.3) is 11.1 Å². The minimum Gasteiger partial charge on any atom is -0.494 e. The van der Waals surface area contributed by atoms with Crippen molar-refractivity contribution in [3.05, 3.63) is 102 Å². The van der Waals surface area contributed by atoms with Gasteiger partial charge < -0.3 is 23.7 Å². The normalized spacial score (nSPS) is 15.0. The molecule has 0 radical (unpaired) electrons. The minimum absolute atomic E-state index is 0.00303. The summed E-state index contributed by atoms with van der Waals surface area (Å²) in [5, 5.41) is 0. The van der Waals surface area contributed by atoms with E-state index >= 15 is 0 Å². The fourth-order valence-electron chi connectivity index (χ4n) is 5.90. The smallest absolute Gasteiger partial charge is 0.343 e. The molecule has 0 heterocycles. The molecule has 0 amide bonds. The summed E-state index contributed by atoms with van der Waals surface area (Å²) in [6, 6.07) is 17.6. The number of fused-ring (bicyclic) bond motifs is 3. The van der Waals surface area contributed by atoms with Crippen molar-refractivity contribution in [2.24, 2.45) is 0 Å². The maximum Gasteiger partial charge on any atom is 0.343 e. The summed E-state index contributed by atoms with van der Waals surface area (Å²) < 4.78 is 27.4. The van der Waals surface area contributed by atoms with Crippen LogP contribution >= 0.6 is 0 Å². The predicted molar refractivity (Wildman–Crippen MR) is 179 cm³/mol. The molecule has 48 heavy (non-hydrogen) atoms. The van der Waals surface area contributed by atoms with E-state index in [0.717, 1.165) is 72.6 Å². The van der Waals surface area contributed by atoms with Gasteiger partial charge in [0.1, 0.15) is 23.4 Å². The second-order valence-electron chi connectivity index (χ2n) is 12.0. The minimum atomic E-state index is -0.735. The molecule has 3 aromatic rings. The summed E-state index contributed by atoms with van der Waals surface area (Å²) in [6.45, 7) is 9.99. The first kappa shape index (κ1) is 34.2. The highest BCUT2D eigenvalue weighted by Crippen LogP contribution is 2.47. The molecule has 9 heteroatoms. The Hall–Kier alpha value is -5.18. The molecule has 0 saturated heterocycles. The SMILES string of the molecule is C=CC(=O)OCCCCOc1ccc2c(c1)C(C)c1cc(OC(=O)c3ccc(OC(=O)C(=C)CC(=O)OC4CCCCC4)cc3)ccc1-2. The van der Waals surface area contributed by atoms with Crippen LogP contribution in [-0.2, 0) is 23.9 Å². The van der Waals surface area contributed by atoms with Crippen molar-refractivity contribution < 1.29 is 42.9 Å². The van der Waals surface area contributed by atoms with Crippen molar-refractivity contribution >= 4 is 23.9 Å². The summed E-state index contributed by atoms with van der Waals surface area (Å²) in [5.74, 6) is -0.752. The number of benzene rings is 3. The molecule has 5 rings (SSSR count). The molecule has 2 aliphatic rings. The second-order valence-corrected chi connectivity index (χ2v) is 12.0. The van der Waals surface area contributed by atoms with Crippen LogP contribution in [0.1, 0.15) is 85.7 Å². The van der Waals surface area contributed by atoms with Gasteiger partial charge in [-0.2, -0.15) is 0 Å². The Morgan fingerprint density at radius 1 is 0.792 bits per heavy atom. The third kappa shape index (κ3) is 8.79. The fourth-order valence-corrected chi connectivity index (χ4v) is 5.90. The van der Waals surface area contributed by atoms with E-state index in [1.54, 1.807) is 6.07 Å². The van der Waals surface area contributed by atoms with Gasteiger partial charge in [-0.15, -0.1) is 0 Å². The molecular formula is C39H40O9. The molecule has 0 spiro atoms.